The highest BCUT2D eigenvalue weighted by molar-refractivity contribution is 8.01. The third kappa shape index (κ3) is 4.25. The maximum Gasteiger partial charge on any atom is 0.335 e. The molecule has 1 atom stereocenters. The average Bonchev–Trinajstić information content (AvgIpc) is 3.10. The molecule has 1 fully saturated rings. The highest BCUT2D eigenvalue weighted by Gasteiger charge is 2.26. The second-order valence-electron chi connectivity index (χ2n) is 6.07. The van der Waals surface area contributed by atoms with Gasteiger partial charge in [-0.1, -0.05) is 19.1 Å². The van der Waals surface area contributed by atoms with E-state index < -0.39 is 5.97 Å². The minimum atomic E-state index is -0.912. The summed E-state index contributed by atoms with van der Waals surface area (Å²) in [7, 11) is 0. The maximum absolute atomic E-state index is 12.8. The third-order valence-electron chi connectivity index (χ3n) is 4.39. The summed E-state index contributed by atoms with van der Waals surface area (Å²) in [6, 6.07) is 11.0. The van der Waals surface area contributed by atoms with E-state index in [1.54, 1.807) is 41.3 Å². The molecule has 3 rings (SSSR count). The molecule has 1 amide bonds. The molecule has 1 aliphatic heterocycles. The lowest BCUT2D eigenvalue weighted by molar-refractivity contribution is 0.0689. The molecule has 1 saturated heterocycles. The van der Waals surface area contributed by atoms with Gasteiger partial charge in [-0.2, -0.15) is 0 Å². The zero-order chi connectivity index (χ0) is 17.8. The molecule has 1 aromatic heterocycles. The van der Waals surface area contributed by atoms with Crippen molar-refractivity contribution >= 4 is 35.0 Å². The lowest BCUT2D eigenvalue weighted by Crippen LogP contribution is -2.38. The number of aromatic carboxylic acids is 1. The molecule has 1 N–H and O–H groups in total. The van der Waals surface area contributed by atoms with Gasteiger partial charge in [0.05, 0.1) is 14.6 Å². The molecule has 25 heavy (non-hydrogen) atoms. The SMILES string of the molecule is CCSc1ccc(C(=O)N2CCCC(c3cccc(C(=O)O)c3)C2)s1. The number of thioether (sulfide) groups is 1. The van der Waals surface area contributed by atoms with Crippen molar-refractivity contribution in [1.82, 2.24) is 4.90 Å². The largest absolute Gasteiger partial charge is 0.478 e. The fourth-order valence-electron chi connectivity index (χ4n) is 3.17. The van der Waals surface area contributed by atoms with E-state index >= 15 is 0 Å². The standard InChI is InChI=1S/C19H21NO3S2/c1-2-24-17-9-8-16(25-17)18(21)20-10-4-7-15(12-20)13-5-3-6-14(11-13)19(22)23/h3,5-6,8-9,11,15H,2,4,7,10,12H2,1H3,(H,22,23). The van der Waals surface area contributed by atoms with Crippen LogP contribution in [0.2, 0.25) is 0 Å². The molecule has 132 valence electrons. The molecule has 0 saturated carbocycles. The number of thiophene rings is 1. The van der Waals surface area contributed by atoms with Crippen LogP contribution >= 0.6 is 23.1 Å². The number of carbonyl (C=O) groups excluding carboxylic acids is 1. The summed E-state index contributed by atoms with van der Waals surface area (Å²) in [5.41, 5.74) is 1.31. The topological polar surface area (TPSA) is 57.6 Å². The van der Waals surface area contributed by atoms with Crippen molar-refractivity contribution in [3.8, 4) is 0 Å². The quantitative estimate of drug-likeness (QED) is 0.777. The average molecular weight is 376 g/mol. The molecular weight excluding hydrogens is 354 g/mol. The van der Waals surface area contributed by atoms with Gasteiger partial charge in [-0.25, -0.2) is 4.79 Å². The fraction of sp³-hybridized carbons (Fsp3) is 0.368. The first-order valence-electron chi connectivity index (χ1n) is 8.43. The number of nitrogens with zero attached hydrogens (tertiary/aromatic N) is 1. The number of benzene rings is 1. The van der Waals surface area contributed by atoms with Crippen molar-refractivity contribution in [2.24, 2.45) is 0 Å². The van der Waals surface area contributed by atoms with Crippen LogP contribution in [0.4, 0.5) is 0 Å². The number of hydrogen-bond donors (Lipinski definition) is 1. The van der Waals surface area contributed by atoms with Crippen molar-refractivity contribution in [3.05, 3.63) is 52.4 Å². The van der Waals surface area contributed by atoms with E-state index in [0.29, 0.717) is 12.1 Å². The predicted octanol–water partition coefficient (Wildman–Crippen LogP) is 4.58. The normalized spacial score (nSPS) is 17.5. The van der Waals surface area contributed by atoms with E-state index in [9.17, 15) is 14.7 Å². The van der Waals surface area contributed by atoms with Gasteiger partial charge >= 0.3 is 5.97 Å². The summed E-state index contributed by atoms with van der Waals surface area (Å²) in [4.78, 5) is 26.7. The van der Waals surface area contributed by atoms with Gasteiger partial charge in [0, 0.05) is 19.0 Å². The van der Waals surface area contributed by atoms with E-state index in [4.69, 9.17) is 0 Å². The summed E-state index contributed by atoms with van der Waals surface area (Å²) in [5, 5.41) is 9.18. The summed E-state index contributed by atoms with van der Waals surface area (Å²) in [5.74, 6) is 0.374. The summed E-state index contributed by atoms with van der Waals surface area (Å²) < 4.78 is 1.17. The predicted molar refractivity (Wildman–Crippen MR) is 102 cm³/mol. The first-order valence-corrected chi connectivity index (χ1v) is 10.2. The van der Waals surface area contributed by atoms with Crippen LogP contribution in [-0.2, 0) is 0 Å². The first-order chi connectivity index (χ1) is 12.1. The molecule has 6 heteroatoms. The zero-order valence-electron chi connectivity index (χ0n) is 14.1. The Morgan fingerprint density at radius 2 is 2.16 bits per heavy atom. The highest BCUT2D eigenvalue weighted by atomic mass is 32.2. The monoisotopic (exact) mass is 375 g/mol. The number of carboxylic acids is 1. The Morgan fingerprint density at radius 1 is 1.32 bits per heavy atom. The number of rotatable bonds is 5. The van der Waals surface area contributed by atoms with Crippen molar-refractivity contribution in [1.29, 1.82) is 0 Å². The van der Waals surface area contributed by atoms with Gasteiger partial charge in [-0.05, 0) is 48.4 Å². The van der Waals surface area contributed by atoms with Crippen LogP contribution in [-0.4, -0.2) is 40.7 Å². The summed E-state index contributed by atoms with van der Waals surface area (Å²) in [6.45, 7) is 3.52. The molecule has 0 bridgehead atoms. The van der Waals surface area contributed by atoms with E-state index in [1.165, 1.54) is 4.21 Å². The van der Waals surface area contributed by atoms with Gasteiger partial charge in [0.25, 0.3) is 5.91 Å². The Balaban J connectivity index is 1.73. The van der Waals surface area contributed by atoms with Gasteiger partial charge in [-0.3, -0.25) is 4.79 Å². The Hall–Kier alpha value is -1.79. The molecule has 1 aliphatic rings. The Bertz CT molecular complexity index is 772. The molecule has 2 heterocycles. The second kappa shape index (κ2) is 8.06. The van der Waals surface area contributed by atoms with E-state index in [0.717, 1.165) is 35.6 Å². The minimum Gasteiger partial charge on any atom is -0.478 e. The number of carbonyl (C=O) groups is 2. The third-order valence-corrected chi connectivity index (χ3v) is 6.57. The number of likely N-dealkylation sites (tertiary alicyclic amines) is 1. The molecule has 0 aliphatic carbocycles. The second-order valence-corrected chi connectivity index (χ2v) is 8.72. The van der Waals surface area contributed by atoms with Crippen LogP contribution < -0.4 is 0 Å². The van der Waals surface area contributed by atoms with Gasteiger partial charge in [0.1, 0.15) is 0 Å². The summed E-state index contributed by atoms with van der Waals surface area (Å²) in [6.07, 6.45) is 1.92. The van der Waals surface area contributed by atoms with Crippen molar-refractivity contribution < 1.29 is 14.7 Å². The van der Waals surface area contributed by atoms with Crippen LogP contribution in [0, 0.1) is 0 Å². The molecule has 1 unspecified atom stereocenters. The van der Waals surface area contributed by atoms with Crippen LogP contribution in [0.3, 0.4) is 0 Å². The van der Waals surface area contributed by atoms with Crippen molar-refractivity contribution in [3.63, 3.8) is 0 Å². The lowest BCUT2D eigenvalue weighted by Gasteiger charge is -2.33. The van der Waals surface area contributed by atoms with Gasteiger partial charge in [0.15, 0.2) is 0 Å². The molecule has 4 nitrogen and oxygen atoms in total. The van der Waals surface area contributed by atoms with Crippen molar-refractivity contribution in [2.45, 2.75) is 29.9 Å². The van der Waals surface area contributed by atoms with Crippen LogP contribution in [0.1, 0.15) is 51.3 Å². The zero-order valence-corrected chi connectivity index (χ0v) is 15.7. The molecular formula is C19H21NO3S2. The number of hydrogen-bond acceptors (Lipinski definition) is 4. The minimum absolute atomic E-state index is 0.0899. The molecule has 0 radical (unpaired) electrons. The fourth-order valence-corrected chi connectivity index (χ4v) is 5.18. The Labute approximate surface area is 155 Å². The molecule has 2 aromatic rings. The van der Waals surface area contributed by atoms with Crippen LogP contribution in [0.5, 0.6) is 0 Å². The Morgan fingerprint density at radius 3 is 2.92 bits per heavy atom. The smallest absolute Gasteiger partial charge is 0.335 e. The van der Waals surface area contributed by atoms with Crippen LogP contribution in [0.15, 0.2) is 40.6 Å². The number of carboxylic acid groups (broad SMARTS) is 1. The summed E-state index contributed by atoms with van der Waals surface area (Å²) >= 11 is 3.31. The number of amides is 1. The van der Waals surface area contributed by atoms with Gasteiger partial charge in [0.2, 0.25) is 0 Å². The van der Waals surface area contributed by atoms with Crippen molar-refractivity contribution in [2.75, 3.05) is 18.8 Å². The lowest BCUT2D eigenvalue weighted by atomic mass is 9.89. The van der Waals surface area contributed by atoms with E-state index in [-0.39, 0.29) is 11.8 Å². The van der Waals surface area contributed by atoms with Gasteiger partial charge in [-0.15, -0.1) is 23.1 Å². The van der Waals surface area contributed by atoms with Gasteiger partial charge < -0.3 is 10.0 Å². The highest BCUT2D eigenvalue weighted by Crippen LogP contribution is 2.31. The maximum atomic E-state index is 12.8. The molecule has 1 aromatic carbocycles. The first kappa shape index (κ1) is 18.0. The number of piperidine rings is 1. The Kier molecular flexibility index (Phi) is 5.81. The van der Waals surface area contributed by atoms with E-state index in [1.807, 2.05) is 23.1 Å². The molecule has 0 spiro atoms. The van der Waals surface area contributed by atoms with E-state index in [2.05, 4.69) is 6.92 Å². The van der Waals surface area contributed by atoms with Crippen LogP contribution in [0.25, 0.3) is 0 Å².